The van der Waals surface area contributed by atoms with Crippen LogP contribution >= 0.6 is 15.9 Å². The molecular formula is C11H15BrN4O. The van der Waals surface area contributed by atoms with Crippen molar-refractivity contribution >= 4 is 21.8 Å². The summed E-state index contributed by atoms with van der Waals surface area (Å²) >= 11 is 3.39. The highest BCUT2D eigenvalue weighted by Crippen LogP contribution is 2.28. The van der Waals surface area contributed by atoms with E-state index < -0.39 is 0 Å². The number of hydrogen-bond donors (Lipinski definition) is 0. The molecule has 2 aliphatic heterocycles. The van der Waals surface area contributed by atoms with Gasteiger partial charge in [-0.25, -0.2) is 0 Å². The van der Waals surface area contributed by atoms with Gasteiger partial charge in [0.05, 0.1) is 22.8 Å². The van der Waals surface area contributed by atoms with Crippen LogP contribution in [0.2, 0.25) is 0 Å². The molecule has 1 atom stereocenters. The summed E-state index contributed by atoms with van der Waals surface area (Å²) in [4.78, 5) is 15.9. The summed E-state index contributed by atoms with van der Waals surface area (Å²) in [5.74, 6) is 0.269. The van der Waals surface area contributed by atoms with Gasteiger partial charge in [0.25, 0.3) is 0 Å². The number of halogens is 1. The van der Waals surface area contributed by atoms with Gasteiger partial charge in [0.2, 0.25) is 5.91 Å². The van der Waals surface area contributed by atoms with E-state index in [-0.39, 0.29) is 11.9 Å². The number of aromatic nitrogens is 2. The molecule has 2 aliphatic rings. The van der Waals surface area contributed by atoms with Gasteiger partial charge in [0, 0.05) is 32.9 Å². The molecule has 1 aromatic heterocycles. The summed E-state index contributed by atoms with van der Waals surface area (Å²) in [5.41, 5.74) is 0. The van der Waals surface area contributed by atoms with Crippen molar-refractivity contribution in [3.05, 3.63) is 16.9 Å². The van der Waals surface area contributed by atoms with Gasteiger partial charge in [-0.05, 0) is 22.4 Å². The molecule has 0 saturated carbocycles. The first kappa shape index (κ1) is 11.2. The zero-order chi connectivity index (χ0) is 12.0. The van der Waals surface area contributed by atoms with E-state index in [2.05, 4.69) is 25.9 Å². The normalized spacial score (nSPS) is 26.6. The molecule has 0 spiro atoms. The summed E-state index contributed by atoms with van der Waals surface area (Å²) in [6.45, 7) is 2.74. The third kappa shape index (κ3) is 1.89. The van der Waals surface area contributed by atoms with Crippen molar-refractivity contribution in [1.29, 1.82) is 0 Å². The third-order valence-corrected chi connectivity index (χ3v) is 4.08. The van der Waals surface area contributed by atoms with Gasteiger partial charge < -0.3 is 4.90 Å². The van der Waals surface area contributed by atoms with Gasteiger partial charge in [-0.15, -0.1) is 0 Å². The Labute approximate surface area is 108 Å². The minimum atomic E-state index is 0.107. The molecule has 0 bridgehead atoms. The van der Waals surface area contributed by atoms with Crippen LogP contribution in [0.1, 0.15) is 12.5 Å². The molecule has 0 aliphatic carbocycles. The van der Waals surface area contributed by atoms with E-state index in [0.717, 1.165) is 30.5 Å². The molecule has 1 amide bonds. The van der Waals surface area contributed by atoms with E-state index in [4.69, 9.17) is 0 Å². The fourth-order valence-corrected chi connectivity index (χ4v) is 2.87. The van der Waals surface area contributed by atoms with Crippen LogP contribution in [0.3, 0.4) is 0 Å². The fourth-order valence-electron chi connectivity index (χ4n) is 2.57. The lowest BCUT2D eigenvalue weighted by Gasteiger charge is -2.42. The average Bonchev–Trinajstić information content (AvgIpc) is 2.77. The Balaban J connectivity index is 1.60. The van der Waals surface area contributed by atoms with Gasteiger partial charge in [-0.3, -0.25) is 14.4 Å². The van der Waals surface area contributed by atoms with Crippen molar-refractivity contribution in [1.82, 2.24) is 19.6 Å². The number of amides is 1. The molecule has 2 saturated heterocycles. The van der Waals surface area contributed by atoms with Crippen LogP contribution in [-0.4, -0.2) is 58.2 Å². The van der Waals surface area contributed by atoms with Crippen LogP contribution in [0.15, 0.2) is 16.9 Å². The van der Waals surface area contributed by atoms with Gasteiger partial charge >= 0.3 is 0 Å². The molecule has 2 fully saturated rings. The SMILES string of the molecule is CN1CCC(N2CC(n3cc(Br)cn3)C2)C1=O. The maximum absolute atomic E-state index is 11.8. The minimum absolute atomic E-state index is 0.107. The molecule has 0 radical (unpaired) electrons. The Hall–Kier alpha value is -0.880. The first-order valence-electron chi connectivity index (χ1n) is 5.84. The Morgan fingerprint density at radius 1 is 1.47 bits per heavy atom. The van der Waals surface area contributed by atoms with E-state index in [1.54, 1.807) is 6.20 Å². The molecule has 3 rings (SSSR count). The summed E-state index contributed by atoms with van der Waals surface area (Å²) in [6, 6.07) is 0.523. The minimum Gasteiger partial charge on any atom is -0.344 e. The maximum atomic E-state index is 11.8. The zero-order valence-electron chi connectivity index (χ0n) is 9.71. The highest BCUT2D eigenvalue weighted by atomic mass is 79.9. The Kier molecular flexibility index (Phi) is 2.71. The highest BCUT2D eigenvalue weighted by molar-refractivity contribution is 9.10. The van der Waals surface area contributed by atoms with Crippen molar-refractivity contribution in [2.24, 2.45) is 0 Å². The van der Waals surface area contributed by atoms with E-state index in [9.17, 15) is 4.79 Å². The van der Waals surface area contributed by atoms with E-state index >= 15 is 0 Å². The first-order valence-corrected chi connectivity index (χ1v) is 6.63. The highest BCUT2D eigenvalue weighted by Gasteiger charge is 2.41. The topological polar surface area (TPSA) is 41.4 Å². The van der Waals surface area contributed by atoms with Crippen LogP contribution in [-0.2, 0) is 4.79 Å². The van der Waals surface area contributed by atoms with Crippen molar-refractivity contribution in [2.45, 2.75) is 18.5 Å². The summed E-state index contributed by atoms with van der Waals surface area (Å²) in [7, 11) is 1.88. The largest absolute Gasteiger partial charge is 0.344 e. The molecule has 0 N–H and O–H groups in total. The van der Waals surface area contributed by atoms with Crippen molar-refractivity contribution in [2.75, 3.05) is 26.7 Å². The second-order valence-corrected chi connectivity index (χ2v) is 5.73. The lowest BCUT2D eigenvalue weighted by molar-refractivity contribution is -0.133. The molecule has 0 aromatic carbocycles. The van der Waals surface area contributed by atoms with Crippen molar-refractivity contribution in [3.8, 4) is 0 Å². The van der Waals surface area contributed by atoms with Crippen LogP contribution in [0.25, 0.3) is 0 Å². The van der Waals surface area contributed by atoms with Gasteiger partial charge in [-0.2, -0.15) is 5.10 Å². The van der Waals surface area contributed by atoms with Crippen LogP contribution < -0.4 is 0 Å². The number of likely N-dealkylation sites (N-methyl/N-ethyl adjacent to an activating group) is 1. The molecule has 6 heteroatoms. The second-order valence-electron chi connectivity index (χ2n) is 4.81. The number of carbonyl (C=O) groups is 1. The summed E-state index contributed by atoms with van der Waals surface area (Å²) < 4.78 is 2.98. The predicted octanol–water partition coefficient (Wildman–Crippen LogP) is 0.733. The van der Waals surface area contributed by atoms with E-state index in [1.807, 2.05) is 22.8 Å². The van der Waals surface area contributed by atoms with Crippen molar-refractivity contribution < 1.29 is 4.79 Å². The summed E-state index contributed by atoms with van der Waals surface area (Å²) in [5, 5.41) is 4.28. The monoisotopic (exact) mass is 298 g/mol. The number of hydrogen-bond acceptors (Lipinski definition) is 3. The lowest BCUT2D eigenvalue weighted by Crippen LogP contribution is -2.55. The van der Waals surface area contributed by atoms with E-state index in [1.165, 1.54) is 0 Å². The molecule has 3 heterocycles. The summed E-state index contributed by atoms with van der Waals surface area (Å²) in [6.07, 6.45) is 4.76. The van der Waals surface area contributed by atoms with Crippen molar-refractivity contribution in [3.63, 3.8) is 0 Å². The maximum Gasteiger partial charge on any atom is 0.239 e. The second kappa shape index (κ2) is 4.10. The molecular weight excluding hydrogens is 284 g/mol. The number of nitrogens with zero attached hydrogens (tertiary/aromatic N) is 4. The van der Waals surface area contributed by atoms with Gasteiger partial charge in [-0.1, -0.05) is 0 Å². The Morgan fingerprint density at radius 2 is 2.24 bits per heavy atom. The zero-order valence-corrected chi connectivity index (χ0v) is 11.3. The quantitative estimate of drug-likeness (QED) is 0.808. The fraction of sp³-hybridized carbons (Fsp3) is 0.636. The third-order valence-electron chi connectivity index (χ3n) is 3.67. The smallest absolute Gasteiger partial charge is 0.239 e. The molecule has 5 nitrogen and oxygen atoms in total. The van der Waals surface area contributed by atoms with Gasteiger partial charge in [0.1, 0.15) is 0 Å². The predicted molar refractivity (Wildman–Crippen MR) is 66.6 cm³/mol. The Bertz CT molecular complexity index is 440. The standard InChI is InChI=1S/C11H15BrN4O/c1-14-3-2-10(11(14)17)15-6-9(7-15)16-5-8(12)4-13-16/h4-5,9-10H,2-3,6-7H2,1H3. The number of rotatable bonds is 2. The number of carbonyl (C=O) groups excluding carboxylic acids is 1. The molecule has 1 unspecified atom stereocenters. The van der Waals surface area contributed by atoms with Crippen LogP contribution in [0, 0.1) is 0 Å². The molecule has 1 aromatic rings. The van der Waals surface area contributed by atoms with Crippen LogP contribution in [0.5, 0.6) is 0 Å². The molecule has 17 heavy (non-hydrogen) atoms. The number of likely N-dealkylation sites (tertiary alicyclic amines) is 2. The first-order chi connectivity index (χ1) is 8.15. The average molecular weight is 299 g/mol. The van der Waals surface area contributed by atoms with Crippen LogP contribution in [0.4, 0.5) is 0 Å². The lowest BCUT2D eigenvalue weighted by atomic mass is 10.0. The Morgan fingerprint density at radius 3 is 2.76 bits per heavy atom. The van der Waals surface area contributed by atoms with E-state index in [0.29, 0.717) is 6.04 Å². The molecule has 92 valence electrons. The van der Waals surface area contributed by atoms with Gasteiger partial charge in [0.15, 0.2) is 0 Å².